The van der Waals surface area contributed by atoms with E-state index in [4.69, 9.17) is 4.43 Å². The van der Waals surface area contributed by atoms with E-state index in [1.165, 1.54) is 0 Å². The van der Waals surface area contributed by atoms with Crippen molar-refractivity contribution in [3.63, 3.8) is 0 Å². The van der Waals surface area contributed by atoms with Crippen molar-refractivity contribution in [2.75, 3.05) is 0 Å². The molecule has 0 radical (unpaired) electrons. The zero-order valence-corrected chi connectivity index (χ0v) is 14.1. The fraction of sp³-hybridized carbons (Fsp3) is 0.667. The molecule has 0 aliphatic heterocycles. The number of aromatic nitrogens is 1. The first-order chi connectivity index (χ1) is 8.75. The smallest absolute Gasteiger partial charge is 0.171 e. The first-order valence-corrected chi connectivity index (χ1v) is 9.84. The van der Waals surface area contributed by atoms with Crippen molar-refractivity contribution >= 4 is 9.04 Å². The minimum absolute atomic E-state index is 0.0000599. The maximum atomic E-state index is 9.93. The van der Waals surface area contributed by atoms with Crippen molar-refractivity contribution in [1.82, 2.24) is 4.98 Å². The zero-order chi connectivity index (χ0) is 14.6. The Morgan fingerprint density at radius 2 is 1.84 bits per heavy atom. The summed E-state index contributed by atoms with van der Waals surface area (Å²) in [4.78, 5) is 4.61. The van der Waals surface area contributed by atoms with Crippen LogP contribution in [0.15, 0.2) is 18.2 Å². The molecule has 0 bridgehead atoms. The molecule has 4 heteroatoms. The number of hydrogen-bond acceptors (Lipinski definition) is 3. The molecular formula is C15H27NO2Si. The molecule has 0 spiro atoms. The Morgan fingerprint density at radius 3 is 2.32 bits per heavy atom. The zero-order valence-electron chi connectivity index (χ0n) is 13.0. The summed E-state index contributed by atoms with van der Waals surface area (Å²) < 4.78 is 6.16. The second-order valence-corrected chi connectivity index (χ2v) is 8.71. The van der Waals surface area contributed by atoms with Crippen LogP contribution >= 0.6 is 0 Å². The third kappa shape index (κ3) is 4.71. The standard InChI is InChI=1S/C15H27NO2Si/c1-7-13(17)11-9-8-10-12(16-11)14(15(2,3)4)18-19(5)6/h8-10,13-14,17,19H,7H2,1-6H3. The Labute approximate surface area is 118 Å². The lowest BCUT2D eigenvalue weighted by Gasteiger charge is -2.32. The lowest BCUT2D eigenvalue weighted by Crippen LogP contribution is -2.27. The van der Waals surface area contributed by atoms with E-state index in [-0.39, 0.29) is 11.5 Å². The van der Waals surface area contributed by atoms with Gasteiger partial charge in [0.25, 0.3) is 0 Å². The molecule has 1 aromatic rings. The lowest BCUT2D eigenvalue weighted by molar-refractivity contribution is 0.0815. The molecule has 108 valence electrons. The number of rotatable bonds is 5. The van der Waals surface area contributed by atoms with Gasteiger partial charge < -0.3 is 9.53 Å². The predicted octanol–water partition coefficient (Wildman–Crippen LogP) is 3.61. The van der Waals surface area contributed by atoms with Crippen LogP contribution in [0.25, 0.3) is 0 Å². The molecule has 1 heterocycles. The molecule has 0 fully saturated rings. The number of aliphatic hydroxyl groups is 1. The molecule has 1 N–H and O–H groups in total. The summed E-state index contributed by atoms with van der Waals surface area (Å²) in [6.45, 7) is 12.8. The molecule has 0 amide bonds. The van der Waals surface area contributed by atoms with Gasteiger partial charge in [-0.05, 0) is 37.1 Å². The van der Waals surface area contributed by atoms with Gasteiger partial charge in [-0.25, -0.2) is 0 Å². The van der Waals surface area contributed by atoms with Gasteiger partial charge in [-0.3, -0.25) is 4.98 Å². The Kier molecular flexibility index (Phi) is 5.71. The predicted molar refractivity (Wildman–Crippen MR) is 81.6 cm³/mol. The van der Waals surface area contributed by atoms with E-state index in [2.05, 4.69) is 38.8 Å². The first-order valence-electron chi connectivity index (χ1n) is 7.06. The summed E-state index contributed by atoms with van der Waals surface area (Å²) in [7, 11) is -1.15. The summed E-state index contributed by atoms with van der Waals surface area (Å²) in [5.74, 6) is 0. The van der Waals surface area contributed by atoms with Gasteiger partial charge in [0.05, 0.1) is 23.6 Å². The van der Waals surface area contributed by atoms with E-state index in [9.17, 15) is 5.11 Å². The second-order valence-electron chi connectivity index (χ2n) is 6.34. The fourth-order valence-electron chi connectivity index (χ4n) is 2.00. The van der Waals surface area contributed by atoms with E-state index in [1.54, 1.807) is 0 Å². The van der Waals surface area contributed by atoms with Crippen LogP contribution in [0.1, 0.15) is 57.7 Å². The quantitative estimate of drug-likeness (QED) is 0.838. The van der Waals surface area contributed by atoms with Crippen LogP contribution in [-0.2, 0) is 4.43 Å². The largest absolute Gasteiger partial charge is 0.412 e. The normalized spacial score (nSPS) is 15.6. The average Bonchev–Trinajstić information content (AvgIpc) is 2.33. The molecule has 0 saturated heterocycles. The summed E-state index contributed by atoms with van der Waals surface area (Å²) >= 11 is 0. The van der Waals surface area contributed by atoms with Crippen LogP contribution in [0.4, 0.5) is 0 Å². The van der Waals surface area contributed by atoms with Gasteiger partial charge in [0.15, 0.2) is 9.04 Å². The molecule has 0 aliphatic carbocycles. The van der Waals surface area contributed by atoms with Gasteiger partial charge in [-0.2, -0.15) is 0 Å². The molecule has 1 aromatic heterocycles. The van der Waals surface area contributed by atoms with Crippen LogP contribution < -0.4 is 0 Å². The van der Waals surface area contributed by atoms with Gasteiger partial charge in [-0.1, -0.05) is 33.8 Å². The highest BCUT2D eigenvalue weighted by Crippen LogP contribution is 2.36. The minimum Gasteiger partial charge on any atom is -0.412 e. The van der Waals surface area contributed by atoms with Gasteiger partial charge in [0.1, 0.15) is 0 Å². The van der Waals surface area contributed by atoms with Crippen molar-refractivity contribution in [3.05, 3.63) is 29.6 Å². The van der Waals surface area contributed by atoms with Crippen LogP contribution in [0.3, 0.4) is 0 Å². The molecule has 0 aromatic carbocycles. The molecule has 0 aliphatic rings. The SMILES string of the molecule is CCC(O)c1cccc(C(O[SiH](C)C)C(C)(C)C)n1. The minimum atomic E-state index is -1.15. The van der Waals surface area contributed by atoms with Crippen molar-refractivity contribution in [1.29, 1.82) is 0 Å². The Morgan fingerprint density at radius 1 is 1.26 bits per heavy atom. The van der Waals surface area contributed by atoms with Gasteiger partial charge in [0.2, 0.25) is 0 Å². The van der Waals surface area contributed by atoms with E-state index in [1.807, 2.05) is 25.1 Å². The highest BCUT2D eigenvalue weighted by atomic mass is 28.3. The Bertz CT molecular complexity index is 401. The van der Waals surface area contributed by atoms with Gasteiger partial charge >= 0.3 is 0 Å². The third-order valence-electron chi connectivity index (χ3n) is 2.98. The van der Waals surface area contributed by atoms with Crippen molar-refractivity contribution in [2.24, 2.45) is 5.41 Å². The molecule has 2 atom stereocenters. The number of aliphatic hydroxyl groups excluding tert-OH is 1. The van der Waals surface area contributed by atoms with E-state index < -0.39 is 15.1 Å². The third-order valence-corrected chi connectivity index (χ3v) is 3.80. The van der Waals surface area contributed by atoms with Crippen LogP contribution in [0.2, 0.25) is 13.1 Å². The topological polar surface area (TPSA) is 42.4 Å². The monoisotopic (exact) mass is 281 g/mol. The summed E-state index contributed by atoms with van der Waals surface area (Å²) in [6, 6.07) is 5.84. The Hall–Kier alpha value is -0.713. The summed E-state index contributed by atoms with van der Waals surface area (Å²) in [5.41, 5.74) is 1.67. The molecule has 0 saturated carbocycles. The molecule has 19 heavy (non-hydrogen) atoms. The molecule has 2 unspecified atom stereocenters. The first kappa shape index (κ1) is 16.3. The van der Waals surface area contributed by atoms with Gasteiger partial charge in [-0.15, -0.1) is 0 Å². The van der Waals surface area contributed by atoms with E-state index in [0.29, 0.717) is 6.42 Å². The highest BCUT2D eigenvalue weighted by molar-refractivity contribution is 6.48. The molecular weight excluding hydrogens is 254 g/mol. The van der Waals surface area contributed by atoms with Crippen molar-refractivity contribution < 1.29 is 9.53 Å². The maximum Gasteiger partial charge on any atom is 0.171 e. The number of hydrogen-bond donors (Lipinski definition) is 1. The maximum absolute atomic E-state index is 9.93. The van der Waals surface area contributed by atoms with Crippen molar-refractivity contribution in [3.8, 4) is 0 Å². The van der Waals surface area contributed by atoms with Crippen molar-refractivity contribution in [2.45, 2.75) is 59.4 Å². The van der Waals surface area contributed by atoms with Gasteiger partial charge in [0, 0.05) is 0 Å². The van der Waals surface area contributed by atoms with E-state index >= 15 is 0 Å². The van der Waals surface area contributed by atoms with E-state index in [0.717, 1.165) is 11.4 Å². The van der Waals surface area contributed by atoms with Crippen LogP contribution in [-0.4, -0.2) is 19.1 Å². The average molecular weight is 281 g/mol. The number of pyridine rings is 1. The van der Waals surface area contributed by atoms with Crippen LogP contribution in [0.5, 0.6) is 0 Å². The summed E-state index contributed by atoms with van der Waals surface area (Å²) in [6.07, 6.45) is 0.177. The fourth-order valence-corrected chi connectivity index (χ4v) is 3.09. The lowest BCUT2D eigenvalue weighted by atomic mass is 9.87. The molecule has 3 nitrogen and oxygen atoms in total. The second kappa shape index (κ2) is 6.64. The molecule has 1 rings (SSSR count). The number of nitrogens with zero attached hydrogens (tertiary/aromatic N) is 1. The summed E-state index contributed by atoms with van der Waals surface area (Å²) in [5, 5.41) is 9.93. The Balaban J connectivity index is 3.09. The highest BCUT2D eigenvalue weighted by Gasteiger charge is 2.29. The van der Waals surface area contributed by atoms with Crippen LogP contribution in [0, 0.1) is 5.41 Å².